The van der Waals surface area contributed by atoms with Gasteiger partial charge in [-0.25, -0.2) is 9.78 Å². The number of ether oxygens (including phenoxy) is 1. The molecule has 0 fully saturated rings. The lowest BCUT2D eigenvalue weighted by atomic mass is 10.1. The van der Waals surface area contributed by atoms with Crippen LogP contribution in [0.3, 0.4) is 0 Å². The lowest BCUT2D eigenvalue weighted by molar-refractivity contribution is -0.116. The minimum absolute atomic E-state index is 0.175. The van der Waals surface area contributed by atoms with Crippen LogP contribution in [0.15, 0.2) is 65.7 Å². The molecule has 0 unspecified atom stereocenters. The molecule has 8 heteroatoms. The van der Waals surface area contributed by atoms with Crippen molar-refractivity contribution >= 4 is 39.1 Å². The fourth-order valence-electron chi connectivity index (χ4n) is 3.93. The van der Waals surface area contributed by atoms with Crippen molar-refractivity contribution in [1.29, 1.82) is 0 Å². The second kappa shape index (κ2) is 11.8. The minimum atomic E-state index is -0.475. The summed E-state index contributed by atoms with van der Waals surface area (Å²) in [6.07, 6.45) is 5.22. The standard InChI is InChI=1S/C28H29N3O4S/c1-3-4-8-21-11-13-22(14-12-21)30-23(32)17-31-18-29-26-24(27(31)33)19(2)25(36-26)28(34)35-16-15-20-9-6-5-7-10-20/h5-7,9-14,18H,3-4,8,15-17H2,1-2H3,(H,30,32). The number of nitrogens with zero attached hydrogens (tertiary/aromatic N) is 2. The van der Waals surface area contributed by atoms with E-state index in [1.165, 1.54) is 16.5 Å². The van der Waals surface area contributed by atoms with Crippen molar-refractivity contribution in [3.63, 3.8) is 0 Å². The number of rotatable bonds is 10. The highest BCUT2D eigenvalue weighted by atomic mass is 32.1. The zero-order valence-corrected chi connectivity index (χ0v) is 21.3. The summed E-state index contributed by atoms with van der Waals surface area (Å²) in [6, 6.07) is 17.5. The Bertz CT molecular complexity index is 1410. The van der Waals surface area contributed by atoms with Gasteiger partial charge >= 0.3 is 5.97 Å². The van der Waals surface area contributed by atoms with Gasteiger partial charge in [-0.3, -0.25) is 14.2 Å². The van der Waals surface area contributed by atoms with Gasteiger partial charge in [0.05, 0.1) is 18.3 Å². The third kappa shape index (κ3) is 6.07. The smallest absolute Gasteiger partial charge is 0.348 e. The van der Waals surface area contributed by atoms with Gasteiger partial charge in [0.2, 0.25) is 5.91 Å². The maximum Gasteiger partial charge on any atom is 0.348 e. The molecule has 4 aromatic rings. The number of aryl methyl sites for hydroxylation is 2. The molecule has 0 aliphatic heterocycles. The van der Waals surface area contributed by atoms with Gasteiger partial charge in [-0.1, -0.05) is 55.8 Å². The lowest BCUT2D eigenvalue weighted by Crippen LogP contribution is -2.27. The monoisotopic (exact) mass is 503 g/mol. The largest absolute Gasteiger partial charge is 0.461 e. The number of fused-ring (bicyclic) bond motifs is 1. The van der Waals surface area contributed by atoms with Crippen LogP contribution >= 0.6 is 11.3 Å². The Balaban J connectivity index is 1.42. The Morgan fingerprint density at radius 2 is 1.75 bits per heavy atom. The summed E-state index contributed by atoms with van der Waals surface area (Å²) in [6.45, 7) is 3.93. The van der Waals surface area contributed by atoms with Crippen molar-refractivity contribution in [2.45, 2.75) is 46.1 Å². The molecule has 2 heterocycles. The number of benzene rings is 2. The lowest BCUT2D eigenvalue weighted by Gasteiger charge is -2.08. The average molecular weight is 504 g/mol. The first-order valence-electron chi connectivity index (χ1n) is 12.0. The van der Waals surface area contributed by atoms with Crippen molar-refractivity contribution in [1.82, 2.24) is 9.55 Å². The zero-order valence-electron chi connectivity index (χ0n) is 20.5. The molecular formula is C28H29N3O4S. The predicted molar refractivity (Wildman–Crippen MR) is 143 cm³/mol. The van der Waals surface area contributed by atoms with Crippen molar-refractivity contribution < 1.29 is 14.3 Å². The van der Waals surface area contributed by atoms with E-state index in [2.05, 4.69) is 17.2 Å². The van der Waals surface area contributed by atoms with Crippen LogP contribution in [0.1, 0.15) is 46.1 Å². The number of thiophene rings is 1. The molecule has 2 aromatic carbocycles. The van der Waals surface area contributed by atoms with Crippen LogP contribution in [0.25, 0.3) is 10.2 Å². The van der Waals surface area contributed by atoms with Gasteiger partial charge in [0.15, 0.2) is 0 Å². The van der Waals surface area contributed by atoms with Gasteiger partial charge in [0, 0.05) is 12.1 Å². The fraction of sp³-hybridized carbons (Fsp3) is 0.286. The van der Waals surface area contributed by atoms with E-state index in [0.717, 1.165) is 36.2 Å². The van der Waals surface area contributed by atoms with Crippen molar-refractivity contribution in [3.05, 3.63) is 92.8 Å². The van der Waals surface area contributed by atoms with E-state index in [1.54, 1.807) is 6.92 Å². The van der Waals surface area contributed by atoms with Crippen LogP contribution in [-0.2, 0) is 28.9 Å². The topological polar surface area (TPSA) is 90.3 Å². The number of amides is 1. The first-order valence-corrected chi connectivity index (χ1v) is 12.9. The quantitative estimate of drug-likeness (QED) is 0.302. The van der Waals surface area contributed by atoms with Crippen LogP contribution in [-0.4, -0.2) is 28.0 Å². The van der Waals surface area contributed by atoms with Crippen LogP contribution in [0.4, 0.5) is 5.69 Å². The number of aromatic nitrogens is 2. The number of nitrogens with one attached hydrogen (secondary N) is 1. The van der Waals surface area contributed by atoms with Gasteiger partial charge in [0.1, 0.15) is 16.3 Å². The summed E-state index contributed by atoms with van der Waals surface area (Å²) in [5, 5.41) is 3.16. The number of anilines is 1. The molecule has 0 aliphatic carbocycles. The Labute approximate surface area is 213 Å². The highest BCUT2D eigenvalue weighted by Gasteiger charge is 2.21. The van der Waals surface area contributed by atoms with Crippen LogP contribution < -0.4 is 10.9 Å². The predicted octanol–water partition coefficient (Wildman–Crippen LogP) is 5.15. The molecule has 0 saturated heterocycles. The molecule has 0 aliphatic rings. The number of carbonyl (C=O) groups excluding carboxylic acids is 2. The Kier molecular flexibility index (Phi) is 8.28. The molecule has 2 aromatic heterocycles. The highest BCUT2D eigenvalue weighted by molar-refractivity contribution is 7.20. The van der Waals surface area contributed by atoms with Crippen molar-refractivity contribution in [3.8, 4) is 0 Å². The molecule has 4 rings (SSSR count). The van der Waals surface area contributed by atoms with E-state index in [-0.39, 0.29) is 24.6 Å². The molecule has 0 spiro atoms. The first kappa shape index (κ1) is 25.3. The van der Waals surface area contributed by atoms with Gasteiger partial charge in [-0.05, 0) is 48.6 Å². The maximum absolute atomic E-state index is 13.1. The molecule has 0 bridgehead atoms. The van der Waals surface area contributed by atoms with E-state index in [9.17, 15) is 14.4 Å². The summed E-state index contributed by atoms with van der Waals surface area (Å²) in [7, 11) is 0. The number of esters is 1. The van der Waals surface area contributed by atoms with E-state index < -0.39 is 5.97 Å². The van der Waals surface area contributed by atoms with Gasteiger partial charge in [0.25, 0.3) is 5.56 Å². The normalized spacial score (nSPS) is 10.9. The van der Waals surface area contributed by atoms with Crippen molar-refractivity contribution in [2.75, 3.05) is 11.9 Å². The molecule has 186 valence electrons. The SMILES string of the molecule is CCCCc1ccc(NC(=O)Cn2cnc3sc(C(=O)OCCc4ccccc4)c(C)c3c2=O)cc1. The minimum Gasteiger partial charge on any atom is -0.461 e. The van der Waals surface area contributed by atoms with E-state index in [1.807, 2.05) is 54.6 Å². The molecule has 0 atom stereocenters. The van der Waals surface area contributed by atoms with Crippen LogP contribution in [0, 0.1) is 6.92 Å². The summed E-state index contributed by atoms with van der Waals surface area (Å²) in [5.41, 5.74) is 3.14. The Hall–Kier alpha value is -3.78. The van der Waals surface area contributed by atoms with E-state index >= 15 is 0 Å². The van der Waals surface area contributed by atoms with Gasteiger partial charge in [-0.2, -0.15) is 0 Å². The molecule has 36 heavy (non-hydrogen) atoms. The molecule has 1 amide bonds. The number of unbranched alkanes of at least 4 members (excludes halogenated alkanes) is 1. The molecule has 0 radical (unpaired) electrons. The fourth-order valence-corrected chi connectivity index (χ4v) is 4.96. The Morgan fingerprint density at radius 1 is 1.03 bits per heavy atom. The highest BCUT2D eigenvalue weighted by Crippen LogP contribution is 2.27. The van der Waals surface area contributed by atoms with Gasteiger partial charge in [-0.15, -0.1) is 11.3 Å². The number of hydrogen-bond acceptors (Lipinski definition) is 6. The molecule has 1 N–H and O–H groups in total. The van der Waals surface area contributed by atoms with Crippen molar-refractivity contribution in [2.24, 2.45) is 0 Å². The third-order valence-corrected chi connectivity index (χ3v) is 7.12. The third-order valence-electron chi connectivity index (χ3n) is 5.94. The summed E-state index contributed by atoms with van der Waals surface area (Å²) in [4.78, 5) is 43.5. The van der Waals surface area contributed by atoms with Crippen LogP contribution in [0.2, 0.25) is 0 Å². The van der Waals surface area contributed by atoms with Crippen LogP contribution in [0.5, 0.6) is 0 Å². The second-order valence-electron chi connectivity index (χ2n) is 8.63. The van der Waals surface area contributed by atoms with E-state index in [4.69, 9.17) is 4.74 Å². The summed E-state index contributed by atoms with van der Waals surface area (Å²) < 4.78 is 6.71. The second-order valence-corrected chi connectivity index (χ2v) is 9.63. The molecular weight excluding hydrogens is 474 g/mol. The number of hydrogen-bond donors (Lipinski definition) is 1. The zero-order chi connectivity index (χ0) is 25.5. The maximum atomic E-state index is 13.1. The summed E-state index contributed by atoms with van der Waals surface area (Å²) in [5.74, 6) is -0.800. The first-order chi connectivity index (χ1) is 17.5. The molecule has 7 nitrogen and oxygen atoms in total. The van der Waals surface area contributed by atoms with E-state index in [0.29, 0.717) is 32.8 Å². The van der Waals surface area contributed by atoms with Gasteiger partial charge < -0.3 is 10.1 Å². The Morgan fingerprint density at radius 3 is 2.47 bits per heavy atom. The molecule has 0 saturated carbocycles. The number of carbonyl (C=O) groups is 2. The average Bonchev–Trinajstić information content (AvgIpc) is 3.23. The summed E-state index contributed by atoms with van der Waals surface area (Å²) >= 11 is 1.13.